The van der Waals surface area contributed by atoms with Crippen molar-refractivity contribution in [3.05, 3.63) is 18.2 Å². The van der Waals surface area contributed by atoms with Crippen LogP contribution < -0.4 is 10.2 Å². The third-order valence-corrected chi connectivity index (χ3v) is 5.60. The number of benzene rings is 1. The first-order valence-electron chi connectivity index (χ1n) is 6.61. The Morgan fingerprint density at radius 1 is 1.38 bits per heavy atom. The lowest BCUT2D eigenvalue weighted by molar-refractivity contribution is 0.598. The Labute approximate surface area is 127 Å². The van der Waals surface area contributed by atoms with Gasteiger partial charge < -0.3 is 10.2 Å². The van der Waals surface area contributed by atoms with Crippen molar-refractivity contribution in [2.24, 2.45) is 4.40 Å². The Morgan fingerprint density at radius 2 is 2.14 bits per heavy atom. The molecular formula is C13H14N4O2S2. The van der Waals surface area contributed by atoms with Gasteiger partial charge in [-0.1, -0.05) is 11.8 Å². The SMILES string of the molecule is N#CCSC1=NS(=O)(=O)c2cc(N3CCCC3)ccc2N1. The number of thioether (sulfide) groups is 1. The van der Waals surface area contributed by atoms with E-state index in [9.17, 15) is 8.42 Å². The fourth-order valence-electron chi connectivity index (χ4n) is 2.46. The summed E-state index contributed by atoms with van der Waals surface area (Å²) >= 11 is 1.08. The molecule has 0 spiro atoms. The van der Waals surface area contributed by atoms with Gasteiger partial charge in [0.2, 0.25) is 0 Å². The predicted octanol–water partition coefficient (Wildman–Crippen LogP) is 2.01. The van der Waals surface area contributed by atoms with Crippen molar-refractivity contribution in [3.63, 3.8) is 0 Å². The molecule has 6 nitrogen and oxygen atoms in total. The molecule has 0 amide bonds. The summed E-state index contributed by atoms with van der Waals surface area (Å²) in [5.74, 6) is 0.155. The van der Waals surface area contributed by atoms with Crippen LogP contribution in [0.25, 0.3) is 0 Å². The van der Waals surface area contributed by atoms with Crippen molar-refractivity contribution >= 4 is 38.3 Å². The summed E-state index contributed by atoms with van der Waals surface area (Å²) < 4.78 is 28.3. The fraction of sp³-hybridized carbons (Fsp3) is 0.385. The van der Waals surface area contributed by atoms with Gasteiger partial charge in [-0.05, 0) is 31.0 Å². The molecule has 0 bridgehead atoms. The summed E-state index contributed by atoms with van der Waals surface area (Å²) in [4.78, 5) is 2.38. The highest BCUT2D eigenvalue weighted by Crippen LogP contribution is 2.33. The van der Waals surface area contributed by atoms with Crippen molar-refractivity contribution in [1.82, 2.24) is 0 Å². The van der Waals surface area contributed by atoms with Crippen LogP contribution in [-0.4, -0.2) is 32.4 Å². The maximum Gasteiger partial charge on any atom is 0.286 e. The molecule has 0 radical (unpaired) electrons. The maximum atomic E-state index is 12.3. The summed E-state index contributed by atoms with van der Waals surface area (Å²) in [5.41, 5.74) is 1.44. The molecule has 110 valence electrons. The zero-order valence-corrected chi connectivity index (χ0v) is 12.9. The van der Waals surface area contributed by atoms with Crippen molar-refractivity contribution < 1.29 is 8.42 Å². The van der Waals surface area contributed by atoms with Crippen molar-refractivity contribution in [2.45, 2.75) is 17.7 Å². The van der Waals surface area contributed by atoms with Gasteiger partial charge in [-0.3, -0.25) is 0 Å². The smallest absolute Gasteiger partial charge is 0.286 e. The summed E-state index contributed by atoms with van der Waals surface area (Å²) in [7, 11) is -3.71. The average Bonchev–Trinajstić information content (AvgIpc) is 2.98. The lowest BCUT2D eigenvalue weighted by Crippen LogP contribution is -2.21. The van der Waals surface area contributed by atoms with Crippen molar-refractivity contribution in [1.29, 1.82) is 5.26 Å². The van der Waals surface area contributed by atoms with E-state index in [1.807, 2.05) is 12.1 Å². The van der Waals surface area contributed by atoms with Crippen LogP contribution in [0.15, 0.2) is 27.5 Å². The number of nitrogens with zero attached hydrogens (tertiary/aromatic N) is 3. The first-order valence-corrected chi connectivity index (χ1v) is 9.03. The molecule has 0 unspecified atom stereocenters. The molecule has 1 fully saturated rings. The highest BCUT2D eigenvalue weighted by atomic mass is 32.2. The van der Waals surface area contributed by atoms with E-state index in [2.05, 4.69) is 14.6 Å². The molecule has 2 heterocycles. The molecule has 0 aromatic heterocycles. The van der Waals surface area contributed by atoms with Gasteiger partial charge in [0.25, 0.3) is 10.0 Å². The van der Waals surface area contributed by atoms with Gasteiger partial charge in [-0.25, -0.2) is 0 Å². The summed E-state index contributed by atoms with van der Waals surface area (Å²) in [5, 5.41) is 11.8. The van der Waals surface area contributed by atoms with Crippen LogP contribution in [0.5, 0.6) is 0 Å². The highest BCUT2D eigenvalue weighted by Gasteiger charge is 2.26. The molecule has 0 saturated carbocycles. The predicted molar refractivity (Wildman–Crippen MR) is 84.2 cm³/mol. The standard InChI is InChI=1S/C13H14N4O2S2/c14-5-8-20-13-15-11-4-3-10(17-6-1-2-7-17)9-12(11)21(18,19)16-13/h3-4,9H,1-2,6-8H2,(H,15,16). The van der Waals surface area contributed by atoms with E-state index in [4.69, 9.17) is 5.26 Å². The number of nitrogens with one attached hydrogen (secondary N) is 1. The van der Waals surface area contributed by atoms with Crippen LogP contribution in [0.2, 0.25) is 0 Å². The molecule has 0 aliphatic carbocycles. The third-order valence-electron chi connectivity index (χ3n) is 3.43. The molecule has 1 saturated heterocycles. The van der Waals surface area contributed by atoms with Gasteiger partial charge in [0.05, 0.1) is 17.5 Å². The molecule has 1 aromatic carbocycles. The Kier molecular flexibility index (Phi) is 3.78. The normalized spacial score (nSPS) is 19.4. The quantitative estimate of drug-likeness (QED) is 0.896. The van der Waals surface area contributed by atoms with Crippen molar-refractivity contribution in [3.8, 4) is 6.07 Å². The third kappa shape index (κ3) is 2.84. The topological polar surface area (TPSA) is 85.6 Å². The minimum absolute atomic E-state index is 0.155. The Hall–Kier alpha value is -1.72. The number of hydrogen-bond donors (Lipinski definition) is 1. The lowest BCUT2D eigenvalue weighted by Gasteiger charge is -2.22. The zero-order chi connectivity index (χ0) is 14.9. The van der Waals surface area contributed by atoms with Crippen LogP contribution in [0.3, 0.4) is 0 Å². The number of amidine groups is 1. The molecule has 0 atom stereocenters. The van der Waals surface area contributed by atoms with Gasteiger partial charge in [0, 0.05) is 18.8 Å². The van der Waals surface area contributed by atoms with Gasteiger partial charge in [-0.15, -0.1) is 4.40 Å². The van der Waals surface area contributed by atoms with E-state index in [0.717, 1.165) is 43.4 Å². The number of hydrogen-bond acceptors (Lipinski definition) is 6. The van der Waals surface area contributed by atoms with Gasteiger partial charge in [-0.2, -0.15) is 13.7 Å². The molecule has 1 aromatic rings. The largest absolute Gasteiger partial charge is 0.371 e. The van der Waals surface area contributed by atoms with E-state index in [-0.39, 0.29) is 15.8 Å². The lowest BCUT2D eigenvalue weighted by atomic mass is 10.2. The summed E-state index contributed by atoms with van der Waals surface area (Å²) in [6.07, 6.45) is 2.27. The minimum atomic E-state index is -3.71. The zero-order valence-electron chi connectivity index (χ0n) is 11.2. The fourth-order valence-corrected chi connectivity index (χ4v) is 4.38. The summed E-state index contributed by atoms with van der Waals surface area (Å²) in [6, 6.07) is 7.32. The van der Waals surface area contributed by atoms with Crippen LogP contribution in [0, 0.1) is 11.3 Å². The van der Waals surface area contributed by atoms with E-state index < -0.39 is 10.0 Å². The molecule has 21 heavy (non-hydrogen) atoms. The molecule has 2 aliphatic rings. The maximum absolute atomic E-state index is 12.3. The molecular weight excluding hydrogens is 308 g/mol. The number of sulfonamides is 1. The van der Waals surface area contributed by atoms with Gasteiger partial charge in [0.15, 0.2) is 5.17 Å². The van der Waals surface area contributed by atoms with E-state index >= 15 is 0 Å². The Bertz CT molecular complexity index is 731. The Morgan fingerprint density at radius 3 is 2.86 bits per heavy atom. The average molecular weight is 322 g/mol. The second-order valence-electron chi connectivity index (χ2n) is 4.82. The van der Waals surface area contributed by atoms with E-state index in [1.165, 1.54) is 0 Å². The monoisotopic (exact) mass is 322 g/mol. The molecule has 3 rings (SSSR count). The van der Waals surface area contributed by atoms with E-state index in [0.29, 0.717) is 5.69 Å². The Balaban J connectivity index is 1.94. The van der Waals surface area contributed by atoms with Crippen LogP contribution in [0.4, 0.5) is 11.4 Å². The molecule has 8 heteroatoms. The van der Waals surface area contributed by atoms with Gasteiger partial charge in [0.1, 0.15) is 4.90 Å². The number of rotatable bonds is 2. The van der Waals surface area contributed by atoms with Gasteiger partial charge >= 0.3 is 0 Å². The molecule has 1 N–H and O–H groups in total. The number of nitriles is 1. The first-order chi connectivity index (χ1) is 10.1. The summed E-state index contributed by atoms with van der Waals surface area (Å²) in [6.45, 7) is 1.91. The first kappa shape index (κ1) is 14.2. The highest BCUT2D eigenvalue weighted by molar-refractivity contribution is 8.15. The number of anilines is 2. The number of fused-ring (bicyclic) bond motifs is 1. The van der Waals surface area contributed by atoms with Crippen LogP contribution in [-0.2, 0) is 10.0 Å². The second-order valence-corrected chi connectivity index (χ2v) is 7.35. The van der Waals surface area contributed by atoms with Crippen LogP contribution >= 0.6 is 11.8 Å². The minimum Gasteiger partial charge on any atom is -0.371 e. The van der Waals surface area contributed by atoms with E-state index in [1.54, 1.807) is 12.1 Å². The van der Waals surface area contributed by atoms with Crippen LogP contribution in [0.1, 0.15) is 12.8 Å². The second kappa shape index (κ2) is 5.58. The molecule has 2 aliphatic heterocycles. The van der Waals surface area contributed by atoms with Crippen molar-refractivity contribution in [2.75, 3.05) is 29.1 Å².